The molecule has 0 saturated carbocycles. The van der Waals surface area contributed by atoms with Gasteiger partial charge in [0.15, 0.2) is 0 Å². The van der Waals surface area contributed by atoms with Crippen molar-refractivity contribution < 1.29 is 4.79 Å². The van der Waals surface area contributed by atoms with E-state index in [0.717, 1.165) is 17.8 Å². The van der Waals surface area contributed by atoms with Crippen molar-refractivity contribution in [3.63, 3.8) is 0 Å². The molecule has 1 amide bonds. The molecule has 1 aromatic rings. The van der Waals surface area contributed by atoms with Gasteiger partial charge in [-0.3, -0.25) is 4.79 Å². The van der Waals surface area contributed by atoms with Crippen LogP contribution in [0.2, 0.25) is 0 Å². The number of carbonyl (C=O) groups is 1. The summed E-state index contributed by atoms with van der Waals surface area (Å²) in [4.78, 5) is 15.0. The third kappa shape index (κ3) is 3.00. The average molecular weight is 275 g/mol. The number of amides is 1. The molecule has 5 heteroatoms. The molecule has 0 spiro atoms. The summed E-state index contributed by atoms with van der Waals surface area (Å²) in [5.74, 6) is 0.666. The minimum absolute atomic E-state index is 0. The summed E-state index contributed by atoms with van der Waals surface area (Å²) >= 11 is 1.51. The third-order valence-corrected chi connectivity index (χ3v) is 4.21. The van der Waals surface area contributed by atoms with Gasteiger partial charge in [-0.25, -0.2) is 0 Å². The first-order valence-corrected chi connectivity index (χ1v) is 6.66. The van der Waals surface area contributed by atoms with Crippen LogP contribution in [0.5, 0.6) is 0 Å². The highest BCUT2D eigenvalue weighted by atomic mass is 35.5. The number of carbonyl (C=O) groups excluding carboxylic acids is 1. The topological polar surface area (TPSA) is 46.3 Å². The standard InChI is InChI=1S/C12H18N2OS.ClH/c1-9-4-2-6-14(10(9)8-13)12(15)11-5-3-7-16-11;/h3,5,7,9-10H,2,4,6,8,13H2,1H3;1H. The van der Waals surface area contributed by atoms with Crippen LogP contribution in [0.4, 0.5) is 0 Å². The molecule has 2 atom stereocenters. The Hall–Kier alpha value is -0.580. The van der Waals surface area contributed by atoms with E-state index in [9.17, 15) is 4.79 Å². The Morgan fingerprint density at radius 1 is 1.65 bits per heavy atom. The summed E-state index contributed by atoms with van der Waals surface area (Å²) in [5.41, 5.74) is 5.78. The zero-order valence-corrected chi connectivity index (χ0v) is 11.6. The van der Waals surface area contributed by atoms with Gasteiger partial charge in [-0.15, -0.1) is 23.7 Å². The van der Waals surface area contributed by atoms with Crippen LogP contribution in [0.3, 0.4) is 0 Å². The summed E-state index contributed by atoms with van der Waals surface area (Å²) in [6.07, 6.45) is 2.27. The van der Waals surface area contributed by atoms with Crippen LogP contribution in [-0.2, 0) is 0 Å². The van der Waals surface area contributed by atoms with Gasteiger partial charge in [0, 0.05) is 19.1 Å². The van der Waals surface area contributed by atoms with E-state index in [4.69, 9.17) is 5.73 Å². The van der Waals surface area contributed by atoms with E-state index < -0.39 is 0 Å². The first kappa shape index (κ1) is 14.5. The Balaban J connectivity index is 0.00000144. The highest BCUT2D eigenvalue weighted by Crippen LogP contribution is 2.25. The average Bonchev–Trinajstić information content (AvgIpc) is 2.81. The molecular weight excluding hydrogens is 256 g/mol. The van der Waals surface area contributed by atoms with Crippen molar-refractivity contribution in [2.45, 2.75) is 25.8 Å². The molecule has 0 aliphatic carbocycles. The van der Waals surface area contributed by atoms with Crippen molar-refractivity contribution in [2.75, 3.05) is 13.1 Å². The van der Waals surface area contributed by atoms with Gasteiger partial charge >= 0.3 is 0 Å². The van der Waals surface area contributed by atoms with E-state index in [0.29, 0.717) is 12.5 Å². The van der Waals surface area contributed by atoms with Crippen molar-refractivity contribution in [1.82, 2.24) is 4.90 Å². The summed E-state index contributed by atoms with van der Waals surface area (Å²) in [5, 5.41) is 1.94. The first-order chi connectivity index (χ1) is 7.74. The van der Waals surface area contributed by atoms with Gasteiger partial charge < -0.3 is 10.6 Å². The predicted molar refractivity (Wildman–Crippen MR) is 73.8 cm³/mol. The maximum Gasteiger partial charge on any atom is 0.264 e. The predicted octanol–water partition coefficient (Wildman–Crippen LogP) is 2.37. The fraction of sp³-hybridized carbons (Fsp3) is 0.583. The third-order valence-electron chi connectivity index (χ3n) is 3.35. The van der Waals surface area contributed by atoms with Gasteiger partial charge in [-0.2, -0.15) is 0 Å². The van der Waals surface area contributed by atoms with E-state index in [1.54, 1.807) is 0 Å². The van der Waals surface area contributed by atoms with Gasteiger partial charge in [0.25, 0.3) is 5.91 Å². The molecule has 1 fully saturated rings. The van der Waals surface area contributed by atoms with Crippen molar-refractivity contribution in [3.05, 3.63) is 22.4 Å². The minimum atomic E-state index is 0. The van der Waals surface area contributed by atoms with Crippen molar-refractivity contribution in [1.29, 1.82) is 0 Å². The van der Waals surface area contributed by atoms with Crippen LogP contribution in [0.15, 0.2) is 17.5 Å². The molecule has 1 aliphatic rings. The van der Waals surface area contributed by atoms with Crippen molar-refractivity contribution in [3.8, 4) is 0 Å². The number of halogens is 1. The van der Waals surface area contributed by atoms with Crippen molar-refractivity contribution in [2.24, 2.45) is 11.7 Å². The molecule has 3 nitrogen and oxygen atoms in total. The van der Waals surface area contributed by atoms with E-state index >= 15 is 0 Å². The normalized spacial score (nSPS) is 24.2. The van der Waals surface area contributed by atoms with E-state index in [2.05, 4.69) is 6.92 Å². The molecule has 2 N–H and O–H groups in total. The Morgan fingerprint density at radius 3 is 3.00 bits per heavy atom. The summed E-state index contributed by atoms with van der Waals surface area (Å²) in [7, 11) is 0. The number of rotatable bonds is 2. The quantitative estimate of drug-likeness (QED) is 0.900. The number of thiophene rings is 1. The van der Waals surface area contributed by atoms with Crippen LogP contribution in [0.25, 0.3) is 0 Å². The zero-order chi connectivity index (χ0) is 11.5. The van der Waals surface area contributed by atoms with Crippen LogP contribution >= 0.6 is 23.7 Å². The lowest BCUT2D eigenvalue weighted by molar-refractivity contribution is 0.0537. The molecule has 0 bridgehead atoms. The Labute approximate surface area is 112 Å². The molecular formula is C12H19ClN2OS. The first-order valence-electron chi connectivity index (χ1n) is 5.78. The number of hydrogen-bond donors (Lipinski definition) is 1. The monoisotopic (exact) mass is 274 g/mol. The fourth-order valence-corrected chi connectivity index (χ4v) is 3.08. The summed E-state index contributed by atoms with van der Waals surface area (Å²) in [6, 6.07) is 4.02. The van der Waals surface area contributed by atoms with Gasteiger partial charge in [0.05, 0.1) is 4.88 Å². The van der Waals surface area contributed by atoms with Crippen molar-refractivity contribution >= 4 is 29.7 Å². The molecule has 17 heavy (non-hydrogen) atoms. The molecule has 2 rings (SSSR count). The van der Waals surface area contributed by atoms with Crippen LogP contribution < -0.4 is 5.73 Å². The smallest absolute Gasteiger partial charge is 0.264 e. The van der Waals surface area contributed by atoms with Gasteiger partial charge in [-0.1, -0.05) is 13.0 Å². The molecule has 1 aromatic heterocycles. The van der Waals surface area contributed by atoms with Crippen LogP contribution in [0, 0.1) is 5.92 Å². The number of piperidine rings is 1. The highest BCUT2D eigenvalue weighted by molar-refractivity contribution is 7.12. The second-order valence-corrected chi connectivity index (χ2v) is 5.35. The lowest BCUT2D eigenvalue weighted by atomic mass is 9.90. The maximum absolute atomic E-state index is 12.3. The lowest BCUT2D eigenvalue weighted by Crippen LogP contribution is -2.51. The van der Waals surface area contributed by atoms with Crippen LogP contribution in [0.1, 0.15) is 29.4 Å². The molecule has 1 aliphatic heterocycles. The molecule has 0 aromatic carbocycles. The molecule has 0 radical (unpaired) electrons. The summed E-state index contributed by atoms with van der Waals surface area (Å²) < 4.78 is 0. The number of hydrogen-bond acceptors (Lipinski definition) is 3. The largest absolute Gasteiger partial charge is 0.333 e. The van der Waals surface area contributed by atoms with Gasteiger partial charge in [0.1, 0.15) is 0 Å². The number of likely N-dealkylation sites (tertiary alicyclic amines) is 1. The van der Waals surface area contributed by atoms with Crippen LogP contribution in [-0.4, -0.2) is 29.9 Å². The van der Waals surface area contributed by atoms with E-state index in [-0.39, 0.29) is 24.4 Å². The molecule has 96 valence electrons. The van der Waals surface area contributed by atoms with E-state index in [1.807, 2.05) is 22.4 Å². The second kappa shape index (κ2) is 6.38. The summed E-state index contributed by atoms with van der Waals surface area (Å²) in [6.45, 7) is 3.60. The SMILES string of the molecule is CC1CCCN(C(=O)c2cccs2)C1CN.Cl. The molecule has 2 unspecified atom stereocenters. The lowest BCUT2D eigenvalue weighted by Gasteiger charge is -2.39. The number of nitrogens with zero attached hydrogens (tertiary/aromatic N) is 1. The molecule has 1 saturated heterocycles. The van der Waals surface area contributed by atoms with Gasteiger partial charge in [0.2, 0.25) is 0 Å². The molecule has 2 heterocycles. The van der Waals surface area contributed by atoms with E-state index in [1.165, 1.54) is 17.8 Å². The Bertz CT molecular complexity index is 355. The Kier molecular flexibility index (Phi) is 5.43. The fourth-order valence-electron chi connectivity index (χ4n) is 2.40. The highest BCUT2D eigenvalue weighted by Gasteiger charge is 2.31. The zero-order valence-electron chi connectivity index (χ0n) is 9.96. The minimum Gasteiger partial charge on any atom is -0.333 e. The second-order valence-electron chi connectivity index (χ2n) is 4.40. The van der Waals surface area contributed by atoms with Gasteiger partial charge in [-0.05, 0) is 30.2 Å². The number of nitrogens with two attached hydrogens (primary N) is 1. The maximum atomic E-state index is 12.3. The Morgan fingerprint density at radius 2 is 2.41 bits per heavy atom.